The standard InChI is InChI=1S/C25H20ClN3O5/c1-14-10-11-20(34-2)18(12-14)29-24(32)21(26)22(25(29)33)27-16-7-5-6-15(13-16)23(31)28-17-8-3-4-9-19(17)30/h3-13,27,30H,1-2H3,(H,28,31). The topological polar surface area (TPSA) is 108 Å². The van der Waals surface area contributed by atoms with E-state index in [2.05, 4.69) is 10.6 Å². The molecule has 4 rings (SSSR count). The first-order valence-corrected chi connectivity index (χ1v) is 10.6. The quantitative estimate of drug-likeness (QED) is 0.359. The van der Waals surface area contributed by atoms with Crippen molar-refractivity contribution in [3.8, 4) is 11.5 Å². The van der Waals surface area contributed by atoms with E-state index in [9.17, 15) is 19.5 Å². The van der Waals surface area contributed by atoms with E-state index < -0.39 is 17.7 Å². The first-order valence-electron chi connectivity index (χ1n) is 10.2. The van der Waals surface area contributed by atoms with Crippen LogP contribution >= 0.6 is 11.6 Å². The number of ether oxygens (including phenoxy) is 1. The summed E-state index contributed by atoms with van der Waals surface area (Å²) in [6.45, 7) is 1.83. The second-order valence-electron chi connectivity index (χ2n) is 7.49. The minimum atomic E-state index is -0.688. The minimum Gasteiger partial charge on any atom is -0.506 e. The van der Waals surface area contributed by atoms with Crippen molar-refractivity contribution in [1.82, 2.24) is 0 Å². The maximum absolute atomic E-state index is 13.1. The molecule has 3 amide bonds. The van der Waals surface area contributed by atoms with Crippen molar-refractivity contribution in [2.75, 3.05) is 22.6 Å². The number of anilines is 3. The number of hydrogen-bond donors (Lipinski definition) is 3. The second kappa shape index (κ2) is 9.29. The molecule has 8 nitrogen and oxygen atoms in total. The number of carbonyl (C=O) groups is 3. The lowest BCUT2D eigenvalue weighted by atomic mass is 10.1. The summed E-state index contributed by atoms with van der Waals surface area (Å²) < 4.78 is 5.31. The lowest BCUT2D eigenvalue weighted by Gasteiger charge is -2.18. The average molecular weight is 478 g/mol. The summed E-state index contributed by atoms with van der Waals surface area (Å²) in [5.74, 6) is -1.52. The van der Waals surface area contributed by atoms with E-state index in [0.717, 1.165) is 10.5 Å². The van der Waals surface area contributed by atoms with E-state index in [1.807, 2.05) is 6.92 Å². The number of imide groups is 1. The molecule has 1 aliphatic rings. The van der Waals surface area contributed by atoms with Gasteiger partial charge in [0.05, 0.1) is 18.5 Å². The molecule has 0 fully saturated rings. The van der Waals surface area contributed by atoms with Gasteiger partial charge in [0.25, 0.3) is 17.7 Å². The highest BCUT2D eigenvalue weighted by molar-refractivity contribution is 6.53. The highest BCUT2D eigenvalue weighted by Crippen LogP contribution is 2.36. The van der Waals surface area contributed by atoms with Gasteiger partial charge in [0, 0.05) is 11.3 Å². The molecule has 0 saturated heterocycles. The Morgan fingerprint density at radius 1 is 1.00 bits per heavy atom. The number of aryl methyl sites for hydroxylation is 1. The zero-order valence-corrected chi connectivity index (χ0v) is 19.0. The van der Waals surface area contributed by atoms with Gasteiger partial charge in [0.1, 0.15) is 22.2 Å². The molecule has 0 unspecified atom stereocenters. The molecule has 0 bridgehead atoms. The summed E-state index contributed by atoms with van der Waals surface area (Å²) in [5, 5.41) is 15.1. The highest BCUT2D eigenvalue weighted by Gasteiger charge is 2.40. The van der Waals surface area contributed by atoms with E-state index in [0.29, 0.717) is 11.4 Å². The van der Waals surface area contributed by atoms with Crippen molar-refractivity contribution >= 4 is 46.4 Å². The van der Waals surface area contributed by atoms with Crippen molar-refractivity contribution in [2.45, 2.75) is 6.92 Å². The molecule has 3 N–H and O–H groups in total. The molecule has 172 valence electrons. The SMILES string of the molecule is COc1ccc(C)cc1N1C(=O)C(Cl)=C(Nc2cccc(C(=O)Nc3ccccc3O)c2)C1=O. The molecule has 0 atom stereocenters. The third kappa shape index (κ3) is 4.31. The van der Waals surface area contributed by atoms with Crippen molar-refractivity contribution in [1.29, 1.82) is 0 Å². The Bertz CT molecular complexity index is 1350. The third-order valence-electron chi connectivity index (χ3n) is 5.15. The van der Waals surface area contributed by atoms with Crippen LogP contribution in [0, 0.1) is 6.92 Å². The Morgan fingerprint density at radius 2 is 1.76 bits per heavy atom. The van der Waals surface area contributed by atoms with Crippen LogP contribution in [0.2, 0.25) is 0 Å². The number of para-hydroxylation sites is 2. The molecule has 34 heavy (non-hydrogen) atoms. The van der Waals surface area contributed by atoms with Crippen LogP contribution in [0.4, 0.5) is 17.1 Å². The molecule has 3 aromatic carbocycles. The number of benzene rings is 3. The molecular weight excluding hydrogens is 458 g/mol. The number of phenols is 1. The van der Waals surface area contributed by atoms with Crippen LogP contribution in [0.25, 0.3) is 0 Å². The fourth-order valence-corrected chi connectivity index (χ4v) is 3.67. The zero-order valence-electron chi connectivity index (χ0n) is 18.3. The van der Waals surface area contributed by atoms with Crippen LogP contribution < -0.4 is 20.3 Å². The summed E-state index contributed by atoms with van der Waals surface area (Å²) in [5.41, 5.74) is 1.89. The maximum atomic E-state index is 13.1. The van der Waals surface area contributed by atoms with Crippen LogP contribution in [0.1, 0.15) is 15.9 Å². The molecule has 1 heterocycles. The normalized spacial score (nSPS) is 13.3. The van der Waals surface area contributed by atoms with Gasteiger partial charge in [-0.25, -0.2) is 4.90 Å². The maximum Gasteiger partial charge on any atom is 0.283 e. The molecule has 0 saturated carbocycles. The van der Waals surface area contributed by atoms with Gasteiger partial charge >= 0.3 is 0 Å². The van der Waals surface area contributed by atoms with Crippen molar-refractivity contribution < 1.29 is 24.2 Å². The number of hydrogen-bond acceptors (Lipinski definition) is 6. The lowest BCUT2D eigenvalue weighted by Crippen LogP contribution is -2.32. The fraction of sp³-hybridized carbons (Fsp3) is 0.0800. The van der Waals surface area contributed by atoms with Gasteiger partial charge in [-0.1, -0.05) is 35.9 Å². The van der Waals surface area contributed by atoms with Crippen molar-refractivity contribution in [3.63, 3.8) is 0 Å². The average Bonchev–Trinajstić information content (AvgIpc) is 3.03. The Hall–Kier alpha value is -4.30. The number of phenolic OH excluding ortho intramolecular Hbond substituents is 1. The first kappa shape index (κ1) is 22.9. The largest absolute Gasteiger partial charge is 0.506 e. The van der Waals surface area contributed by atoms with Gasteiger partial charge in [-0.05, 0) is 55.0 Å². The van der Waals surface area contributed by atoms with Gasteiger partial charge in [0.2, 0.25) is 0 Å². The molecule has 0 spiro atoms. The molecule has 0 aromatic heterocycles. The van der Waals surface area contributed by atoms with Crippen LogP contribution in [-0.2, 0) is 9.59 Å². The van der Waals surface area contributed by atoms with E-state index in [4.69, 9.17) is 16.3 Å². The van der Waals surface area contributed by atoms with Gasteiger partial charge in [0.15, 0.2) is 0 Å². The van der Waals surface area contributed by atoms with Gasteiger partial charge in [-0.3, -0.25) is 14.4 Å². The Labute approximate surface area is 200 Å². The smallest absolute Gasteiger partial charge is 0.283 e. The molecule has 0 aliphatic carbocycles. The highest BCUT2D eigenvalue weighted by atomic mass is 35.5. The summed E-state index contributed by atoms with van der Waals surface area (Å²) in [7, 11) is 1.44. The number of nitrogens with zero attached hydrogens (tertiary/aromatic N) is 1. The van der Waals surface area contributed by atoms with E-state index in [1.54, 1.807) is 54.6 Å². The number of aromatic hydroxyl groups is 1. The van der Waals surface area contributed by atoms with Crippen LogP contribution in [0.15, 0.2) is 77.5 Å². The number of methoxy groups -OCH3 is 1. The number of carbonyl (C=O) groups excluding carboxylic acids is 3. The van der Waals surface area contributed by atoms with Crippen LogP contribution in [0.5, 0.6) is 11.5 Å². The van der Waals surface area contributed by atoms with Gasteiger partial charge in [-0.2, -0.15) is 0 Å². The monoisotopic (exact) mass is 477 g/mol. The summed E-state index contributed by atoms with van der Waals surface area (Å²) >= 11 is 6.24. The summed E-state index contributed by atoms with van der Waals surface area (Å²) in [4.78, 5) is 39.6. The summed E-state index contributed by atoms with van der Waals surface area (Å²) in [6.07, 6.45) is 0. The van der Waals surface area contributed by atoms with Crippen LogP contribution in [-0.4, -0.2) is 29.9 Å². The Kier molecular flexibility index (Phi) is 6.25. The number of amides is 3. The lowest BCUT2D eigenvalue weighted by molar-refractivity contribution is -0.120. The molecule has 1 aliphatic heterocycles. The Morgan fingerprint density at radius 3 is 2.50 bits per heavy atom. The molecule has 3 aromatic rings. The van der Waals surface area contributed by atoms with E-state index in [-0.39, 0.29) is 33.4 Å². The Balaban J connectivity index is 1.58. The van der Waals surface area contributed by atoms with E-state index in [1.165, 1.54) is 19.2 Å². The fourth-order valence-electron chi connectivity index (χ4n) is 3.46. The molecule has 0 radical (unpaired) electrons. The predicted molar refractivity (Wildman–Crippen MR) is 129 cm³/mol. The number of halogens is 1. The van der Waals surface area contributed by atoms with Crippen molar-refractivity contribution in [3.05, 3.63) is 88.6 Å². The molecular formula is C25H20ClN3O5. The number of rotatable bonds is 6. The summed E-state index contributed by atoms with van der Waals surface area (Å²) in [6, 6.07) is 17.8. The zero-order chi connectivity index (χ0) is 24.4. The third-order valence-corrected chi connectivity index (χ3v) is 5.50. The van der Waals surface area contributed by atoms with Crippen LogP contribution in [0.3, 0.4) is 0 Å². The first-order chi connectivity index (χ1) is 16.3. The van der Waals surface area contributed by atoms with Gasteiger partial charge < -0.3 is 20.5 Å². The molecule has 9 heteroatoms. The van der Waals surface area contributed by atoms with Gasteiger partial charge in [-0.15, -0.1) is 0 Å². The van der Waals surface area contributed by atoms with Crippen molar-refractivity contribution in [2.24, 2.45) is 0 Å². The predicted octanol–water partition coefficient (Wildman–Crippen LogP) is 4.40. The number of nitrogens with one attached hydrogen (secondary N) is 2. The second-order valence-corrected chi connectivity index (χ2v) is 7.87. The minimum absolute atomic E-state index is 0.0659. The van der Waals surface area contributed by atoms with E-state index >= 15 is 0 Å².